The maximum absolute atomic E-state index is 8.91. The Bertz CT molecular complexity index is 3040. The summed E-state index contributed by atoms with van der Waals surface area (Å²) in [5, 5.41) is 3.51. The molecule has 1 radical (unpaired) electrons. The first-order chi connectivity index (χ1) is 32.5. The molecule has 0 bridgehead atoms. The Morgan fingerprint density at radius 3 is 2.09 bits per heavy atom. The van der Waals surface area contributed by atoms with Gasteiger partial charge in [0.2, 0.25) is 0 Å². The van der Waals surface area contributed by atoms with Gasteiger partial charge in [-0.15, -0.1) is 59.2 Å². The van der Waals surface area contributed by atoms with E-state index in [2.05, 4.69) is 116 Å². The first kappa shape index (κ1) is 39.8. The Hall–Kier alpha value is -4.51. The van der Waals surface area contributed by atoms with E-state index >= 15 is 0 Å². The van der Waals surface area contributed by atoms with Crippen LogP contribution in [0.15, 0.2) is 134 Å². The van der Waals surface area contributed by atoms with Gasteiger partial charge in [-0.1, -0.05) is 174 Å². The Kier molecular flexibility index (Phi) is 12.9. The van der Waals surface area contributed by atoms with Crippen LogP contribution in [0.25, 0.3) is 64.9 Å². The van der Waals surface area contributed by atoms with Gasteiger partial charge >= 0.3 is 0 Å². The van der Waals surface area contributed by atoms with Crippen molar-refractivity contribution in [3.8, 4) is 44.8 Å². The zero-order valence-electron chi connectivity index (χ0n) is 42.9. The van der Waals surface area contributed by atoms with E-state index in [1.807, 2.05) is 62.5 Å². The van der Waals surface area contributed by atoms with E-state index in [1.165, 1.54) is 48.8 Å². The first-order valence-corrected chi connectivity index (χ1v) is 27.4. The smallest absolute Gasteiger partial charge is 0.0798 e. The van der Waals surface area contributed by atoms with Crippen LogP contribution in [0.5, 0.6) is 0 Å². The van der Waals surface area contributed by atoms with E-state index in [0.717, 1.165) is 95.8 Å². The van der Waals surface area contributed by atoms with Crippen LogP contribution in [0, 0.1) is 24.0 Å². The molecule has 0 spiro atoms. The first-order valence-electron chi connectivity index (χ1n) is 25.6. The van der Waals surface area contributed by atoms with E-state index in [1.54, 1.807) is 17.5 Å². The van der Waals surface area contributed by atoms with Crippen molar-refractivity contribution in [3.05, 3.63) is 163 Å². The Morgan fingerprint density at radius 1 is 0.688 bits per heavy atom. The molecule has 2 saturated carbocycles. The molecule has 0 amide bonds. The molecule has 64 heavy (non-hydrogen) atoms. The van der Waals surface area contributed by atoms with Gasteiger partial charge < -0.3 is 9.97 Å². The van der Waals surface area contributed by atoms with Crippen molar-refractivity contribution in [2.24, 2.45) is 11.8 Å². The second-order valence-electron chi connectivity index (χ2n) is 18.8. The fraction of sp³-hybridized carbons (Fsp3) is 0.322. The molecule has 8 aromatic rings. The average molecular weight is 1060 g/mol. The quantitative estimate of drug-likeness (QED) is 0.101. The van der Waals surface area contributed by atoms with Crippen molar-refractivity contribution in [1.29, 1.82) is 0 Å². The summed E-state index contributed by atoms with van der Waals surface area (Å²) in [6.07, 6.45) is 10.3. The normalized spacial score (nSPS) is 16.8. The summed E-state index contributed by atoms with van der Waals surface area (Å²) < 4.78 is 46.5. The van der Waals surface area contributed by atoms with E-state index in [-0.39, 0.29) is 31.9 Å². The van der Waals surface area contributed by atoms with Crippen LogP contribution in [-0.2, 0) is 32.9 Å². The molecule has 5 heteroatoms. The van der Waals surface area contributed by atoms with Crippen molar-refractivity contribution >= 4 is 44.8 Å². The van der Waals surface area contributed by atoms with Gasteiger partial charge in [-0.2, -0.15) is 11.3 Å². The summed E-state index contributed by atoms with van der Waals surface area (Å²) in [6, 6.07) is 48.6. The molecule has 0 atom stereocenters. The van der Waals surface area contributed by atoms with Crippen LogP contribution in [0.3, 0.4) is 0 Å². The maximum atomic E-state index is 8.91. The summed E-state index contributed by atoms with van der Waals surface area (Å²) >= 11 is 1.79. The van der Waals surface area contributed by atoms with Crippen LogP contribution in [0.1, 0.15) is 101 Å². The molecular formula is C59H62IrN2SSi-2. The maximum Gasteiger partial charge on any atom is 0.0798 e. The van der Waals surface area contributed by atoms with E-state index in [9.17, 15) is 0 Å². The van der Waals surface area contributed by atoms with Gasteiger partial charge in [-0.25, -0.2) is 0 Å². The van der Waals surface area contributed by atoms with Crippen LogP contribution in [-0.4, -0.2) is 18.0 Å². The minimum absolute atomic E-state index is 0. The second kappa shape index (κ2) is 20.8. The molecule has 3 aromatic heterocycles. The zero-order chi connectivity index (χ0) is 47.8. The monoisotopic (exact) mass is 1060 g/mol. The van der Waals surface area contributed by atoms with Gasteiger partial charge in [0, 0.05) is 44.1 Å². The fourth-order valence-corrected chi connectivity index (χ4v) is 11.8. The average Bonchev–Trinajstić information content (AvgIpc) is 3.98. The number of hydrogen-bond donors (Lipinski definition) is 0. The minimum atomic E-state index is -1.74. The number of rotatable bonds is 10. The summed E-state index contributed by atoms with van der Waals surface area (Å²) in [5.74, 6) is -0.548. The van der Waals surface area contributed by atoms with Crippen molar-refractivity contribution in [2.45, 2.75) is 110 Å². The molecule has 0 unspecified atom stereocenters. The molecule has 0 N–H and O–H groups in total. The zero-order valence-corrected chi connectivity index (χ0v) is 42.1. The number of benzene rings is 5. The Balaban J connectivity index is 0.000000196. The molecule has 3 heterocycles. The van der Waals surface area contributed by atoms with Crippen molar-refractivity contribution < 1.29 is 27.0 Å². The molecule has 2 aliphatic carbocycles. The molecule has 2 aliphatic rings. The van der Waals surface area contributed by atoms with Gasteiger partial charge in [-0.3, -0.25) is 0 Å². The molecule has 0 aliphatic heterocycles. The van der Waals surface area contributed by atoms with Crippen LogP contribution >= 0.6 is 11.3 Å². The Morgan fingerprint density at radius 2 is 1.36 bits per heavy atom. The SMILES string of the molecule is [2H]C([2H])(c1ccnc(-c2[c-]cc3sc4cc(-c5ccc(-c6ccccc6)cc5)ccc4c3c2)c1)C1CCCCC1.[2H]C1(c2cc[c-]c(-c3cc(C([2H])([2H])C(C)C)c([Si](C)(C)C)cn3)c2)CCCC1.[Ir]. The third-order valence-electron chi connectivity index (χ3n) is 12.6. The standard InChI is InChI=1S/C36H30NS.C23H32NSi.Ir/c1-3-7-25(8-4-1)21-26-19-20-37-34(22-26)31-16-18-35-33(23-31)32-17-15-30(24-36(32)38-35)29-13-11-28(12-14-29)27-9-5-2-6-10-27;1-17(2)13-21-15-22(24-16-23(21)25(3,4)5)20-12-8-11-19(14-20)18-9-6-7-10-18;/h2,5-6,9-15,17-20,22-25H,1,3-4,7-8,21H2;8,11,14-18H,6-7,9-10,13H2,1-5H3;/q2*-1;/i21D2;13D2,18D;. The van der Waals surface area contributed by atoms with Gasteiger partial charge in [-0.05, 0) is 104 Å². The molecular weight excluding hydrogens is 989 g/mol. The predicted octanol–water partition coefficient (Wildman–Crippen LogP) is 16.3. The van der Waals surface area contributed by atoms with Gasteiger partial charge in [0.25, 0.3) is 0 Å². The number of hydrogen-bond acceptors (Lipinski definition) is 3. The minimum Gasteiger partial charge on any atom is -0.305 e. The topological polar surface area (TPSA) is 25.8 Å². The van der Waals surface area contributed by atoms with Crippen molar-refractivity contribution in [3.63, 3.8) is 0 Å². The van der Waals surface area contributed by atoms with Gasteiger partial charge in [0.15, 0.2) is 0 Å². The summed E-state index contributed by atoms with van der Waals surface area (Å²) in [7, 11) is -1.74. The number of aromatic nitrogens is 2. The molecule has 10 rings (SSSR count). The van der Waals surface area contributed by atoms with Gasteiger partial charge in [0.1, 0.15) is 0 Å². The fourth-order valence-electron chi connectivity index (χ4n) is 9.24. The molecule has 2 fully saturated rings. The van der Waals surface area contributed by atoms with Gasteiger partial charge in [0.05, 0.1) is 8.07 Å². The van der Waals surface area contributed by atoms with Crippen molar-refractivity contribution in [2.75, 3.05) is 0 Å². The Labute approximate surface area is 408 Å². The number of pyridine rings is 2. The summed E-state index contributed by atoms with van der Waals surface area (Å²) in [4.78, 5) is 9.34. The molecule has 2 nitrogen and oxygen atoms in total. The molecule has 329 valence electrons. The molecule has 5 aromatic carbocycles. The van der Waals surface area contributed by atoms with Crippen LogP contribution in [0.4, 0.5) is 0 Å². The van der Waals surface area contributed by atoms with E-state index in [0.29, 0.717) is 0 Å². The third kappa shape index (κ3) is 10.9. The van der Waals surface area contributed by atoms with Crippen LogP contribution < -0.4 is 5.19 Å². The molecule has 0 saturated heterocycles. The van der Waals surface area contributed by atoms with Crippen LogP contribution in [0.2, 0.25) is 19.6 Å². The van der Waals surface area contributed by atoms with E-state index < -0.39 is 26.7 Å². The predicted molar refractivity (Wildman–Crippen MR) is 274 cm³/mol. The largest absolute Gasteiger partial charge is 0.305 e. The van der Waals surface area contributed by atoms with E-state index in [4.69, 9.17) is 11.8 Å². The summed E-state index contributed by atoms with van der Waals surface area (Å²) in [6.45, 7) is 10.6. The second-order valence-corrected chi connectivity index (χ2v) is 24.9. The number of nitrogens with zero attached hydrogens (tertiary/aromatic N) is 2. The third-order valence-corrected chi connectivity index (χ3v) is 15.7. The number of thiophene rings is 1. The summed E-state index contributed by atoms with van der Waals surface area (Å²) in [5.41, 5.74) is 10.7. The number of fused-ring (bicyclic) bond motifs is 3. The van der Waals surface area contributed by atoms with Crippen molar-refractivity contribution in [1.82, 2.24) is 9.97 Å².